The van der Waals surface area contributed by atoms with E-state index in [0.717, 1.165) is 6.92 Å². The summed E-state index contributed by atoms with van der Waals surface area (Å²) in [7, 11) is 0.925. The molecule has 0 aromatic carbocycles. The van der Waals surface area contributed by atoms with Crippen LogP contribution in [0.1, 0.15) is 13.3 Å². The van der Waals surface area contributed by atoms with Crippen LogP contribution in [-0.4, -0.2) is 20.3 Å². The zero-order valence-corrected chi connectivity index (χ0v) is 7.80. The van der Waals surface area contributed by atoms with Gasteiger partial charge in [-0.15, -0.1) is 0 Å². The minimum Gasteiger partial charge on any atom is -0.212 e. The normalized spacial score (nSPS) is 16.1. The van der Waals surface area contributed by atoms with Gasteiger partial charge in [0.1, 0.15) is 0 Å². The zero-order chi connectivity index (χ0) is 9.99. The van der Waals surface area contributed by atoms with Crippen molar-refractivity contribution in [2.24, 2.45) is 5.92 Å². The van der Waals surface area contributed by atoms with Crippen LogP contribution in [0.5, 0.6) is 0 Å². The monoisotopic (exact) mass is 224 g/mol. The van der Waals surface area contributed by atoms with Gasteiger partial charge in [-0.1, -0.05) is 6.92 Å². The van der Waals surface area contributed by atoms with Crippen LogP contribution in [0.25, 0.3) is 0 Å². The Kier molecular flexibility index (Phi) is 3.84. The molecule has 0 aliphatic carbocycles. The van der Waals surface area contributed by atoms with Crippen LogP contribution in [0.4, 0.5) is 13.2 Å². The van der Waals surface area contributed by atoms with Gasteiger partial charge in [0.2, 0.25) is 9.05 Å². The average Bonchev–Trinajstić information content (AvgIpc) is 1.78. The number of hydrogen-bond donors (Lipinski definition) is 0. The van der Waals surface area contributed by atoms with Gasteiger partial charge in [-0.2, -0.15) is 13.2 Å². The van der Waals surface area contributed by atoms with E-state index < -0.39 is 33.3 Å². The van der Waals surface area contributed by atoms with Crippen molar-refractivity contribution in [3.63, 3.8) is 0 Å². The standard InChI is InChI=1S/C5H8ClF3O2S/c1-4(5(7,8)9)2-3-12(6,10)11/h4H,2-3H2,1H3. The first-order valence-electron chi connectivity index (χ1n) is 3.12. The first kappa shape index (κ1) is 12.0. The quantitative estimate of drug-likeness (QED) is 0.689. The fourth-order valence-corrected chi connectivity index (χ4v) is 1.38. The third-order valence-corrected chi connectivity index (χ3v) is 2.54. The lowest BCUT2D eigenvalue weighted by Gasteiger charge is -2.13. The van der Waals surface area contributed by atoms with Crippen molar-refractivity contribution >= 4 is 19.7 Å². The smallest absolute Gasteiger partial charge is 0.212 e. The Morgan fingerprint density at radius 2 is 1.83 bits per heavy atom. The number of alkyl halides is 3. The molecule has 1 atom stereocenters. The van der Waals surface area contributed by atoms with Gasteiger partial charge < -0.3 is 0 Å². The van der Waals surface area contributed by atoms with Crippen molar-refractivity contribution in [1.29, 1.82) is 0 Å². The lowest BCUT2D eigenvalue weighted by molar-refractivity contribution is -0.169. The fourth-order valence-electron chi connectivity index (χ4n) is 0.481. The maximum atomic E-state index is 11.8. The summed E-state index contributed by atoms with van der Waals surface area (Å²) in [5.74, 6) is -2.28. The third-order valence-electron chi connectivity index (χ3n) is 1.35. The van der Waals surface area contributed by atoms with Crippen LogP contribution in [0, 0.1) is 5.92 Å². The Morgan fingerprint density at radius 1 is 1.42 bits per heavy atom. The summed E-state index contributed by atoms with van der Waals surface area (Å²) in [5.41, 5.74) is 0. The molecule has 1 unspecified atom stereocenters. The van der Waals surface area contributed by atoms with Gasteiger partial charge in [0.25, 0.3) is 0 Å². The summed E-state index contributed by atoms with van der Waals surface area (Å²) >= 11 is 0. The van der Waals surface area contributed by atoms with Crippen LogP contribution < -0.4 is 0 Å². The maximum absolute atomic E-state index is 11.8. The molecule has 0 amide bonds. The molecule has 0 rings (SSSR count). The second-order valence-corrected chi connectivity index (χ2v) is 5.37. The first-order chi connectivity index (χ1) is 5.13. The summed E-state index contributed by atoms with van der Waals surface area (Å²) in [6, 6.07) is 0. The van der Waals surface area contributed by atoms with Gasteiger partial charge in [0.15, 0.2) is 0 Å². The Bertz CT molecular complexity index is 234. The highest BCUT2D eigenvalue weighted by atomic mass is 35.7. The molecule has 0 aliphatic heterocycles. The van der Waals surface area contributed by atoms with Crippen LogP contribution in [0.2, 0.25) is 0 Å². The molecule has 0 radical (unpaired) electrons. The maximum Gasteiger partial charge on any atom is 0.391 e. The van der Waals surface area contributed by atoms with Crippen LogP contribution in [-0.2, 0) is 9.05 Å². The molecule has 12 heavy (non-hydrogen) atoms. The van der Waals surface area contributed by atoms with E-state index in [1.807, 2.05) is 0 Å². The van der Waals surface area contributed by atoms with Gasteiger partial charge in [0, 0.05) is 10.7 Å². The van der Waals surface area contributed by atoms with E-state index in [0.29, 0.717) is 0 Å². The predicted molar refractivity (Wildman–Crippen MR) is 39.5 cm³/mol. The van der Waals surface area contributed by atoms with Gasteiger partial charge in [0.05, 0.1) is 11.7 Å². The summed E-state index contributed by atoms with van der Waals surface area (Å²) in [6.07, 6.45) is -4.84. The third kappa shape index (κ3) is 5.65. The van der Waals surface area contributed by atoms with Crippen molar-refractivity contribution in [3.8, 4) is 0 Å². The van der Waals surface area contributed by atoms with Crippen LogP contribution in [0.15, 0.2) is 0 Å². The second-order valence-electron chi connectivity index (χ2n) is 2.47. The van der Waals surface area contributed by atoms with E-state index >= 15 is 0 Å². The minimum absolute atomic E-state index is 0.491. The minimum atomic E-state index is -4.35. The van der Waals surface area contributed by atoms with E-state index in [1.54, 1.807) is 0 Å². The Morgan fingerprint density at radius 3 is 2.08 bits per heavy atom. The molecule has 0 bridgehead atoms. The Labute approximate surface area is 73.1 Å². The summed E-state index contributed by atoms with van der Waals surface area (Å²) < 4.78 is 55.9. The molecule has 0 N–H and O–H groups in total. The van der Waals surface area contributed by atoms with Crippen LogP contribution >= 0.6 is 10.7 Å². The molecule has 0 aromatic rings. The summed E-state index contributed by atoms with van der Waals surface area (Å²) in [4.78, 5) is 0. The second kappa shape index (κ2) is 3.83. The van der Waals surface area contributed by atoms with Gasteiger partial charge in [-0.05, 0) is 6.42 Å². The molecule has 74 valence electrons. The number of rotatable bonds is 3. The lowest BCUT2D eigenvalue weighted by atomic mass is 10.1. The van der Waals surface area contributed by atoms with E-state index in [-0.39, 0.29) is 0 Å². The van der Waals surface area contributed by atoms with Crippen molar-refractivity contribution < 1.29 is 21.6 Å². The van der Waals surface area contributed by atoms with Crippen molar-refractivity contribution in [1.82, 2.24) is 0 Å². The molecule has 0 spiro atoms. The average molecular weight is 225 g/mol. The van der Waals surface area contributed by atoms with E-state index in [2.05, 4.69) is 0 Å². The van der Waals surface area contributed by atoms with E-state index in [9.17, 15) is 21.6 Å². The van der Waals surface area contributed by atoms with Gasteiger partial charge >= 0.3 is 6.18 Å². The molecule has 0 saturated heterocycles. The largest absolute Gasteiger partial charge is 0.391 e. The Balaban J connectivity index is 3.97. The predicted octanol–water partition coefficient (Wildman–Crippen LogP) is 2.14. The topological polar surface area (TPSA) is 34.1 Å². The lowest BCUT2D eigenvalue weighted by Crippen LogP contribution is -2.21. The van der Waals surface area contributed by atoms with Crippen LogP contribution in [0.3, 0.4) is 0 Å². The van der Waals surface area contributed by atoms with E-state index in [4.69, 9.17) is 10.7 Å². The summed E-state index contributed by atoms with van der Waals surface area (Å²) in [6.45, 7) is 0.919. The fraction of sp³-hybridized carbons (Fsp3) is 1.00. The van der Waals surface area contributed by atoms with Crippen molar-refractivity contribution in [2.45, 2.75) is 19.5 Å². The number of halogens is 4. The SMILES string of the molecule is CC(CCS(=O)(=O)Cl)C(F)(F)F. The zero-order valence-electron chi connectivity index (χ0n) is 6.23. The molecular weight excluding hydrogens is 217 g/mol. The number of hydrogen-bond acceptors (Lipinski definition) is 2. The molecule has 0 fully saturated rings. The van der Waals surface area contributed by atoms with Gasteiger partial charge in [-0.25, -0.2) is 8.42 Å². The molecule has 0 aliphatic rings. The Hall–Kier alpha value is 0.0300. The molecule has 2 nitrogen and oxygen atoms in total. The first-order valence-corrected chi connectivity index (χ1v) is 5.60. The van der Waals surface area contributed by atoms with Crippen molar-refractivity contribution in [2.75, 3.05) is 5.75 Å². The molecule has 0 heterocycles. The highest BCUT2D eigenvalue weighted by molar-refractivity contribution is 8.13. The van der Waals surface area contributed by atoms with Gasteiger partial charge in [-0.3, -0.25) is 0 Å². The van der Waals surface area contributed by atoms with E-state index in [1.165, 1.54) is 0 Å². The molecule has 0 aromatic heterocycles. The molecule has 7 heteroatoms. The van der Waals surface area contributed by atoms with Crippen molar-refractivity contribution in [3.05, 3.63) is 0 Å². The highest BCUT2D eigenvalue weighted by Crippen LogP contribution is 2.28. The molecule has 0 saturated carbocycles. The summed E-state index contributed by atoms with van der Waals surface area (Å²) in [5, 5.41) is 0. The molecular formula is C5H8ClF3O2S. The highest BCUT2D eigenvalue weighted by Gasteiger charge is 2.36.